The van der Waals surface area contributed by atoms with Crippen molar-refractivity contribution in [3.05, 3.63) is 76.5 Å². The van der Waals surface area contributed by atoms with E-state index in [-0.39, 0.29) is 10.8 Å². The zero-order valence-electron chi connectivity index (χ0n) is 11.7. The molecule has 20 heavy (non-hydrogen) atoms. The summed E-state index contributed by atoms with van der Waals surface area (Å²) in [5.74, 6) is 0. The molecule has 0 saturated carbocycles. The van der Waals surface area contributed by atoms with Gasteiger partial charge in [0.05, 0.1) is 13.7 Å². The fraction of sp³-hybridized carbons (Fsp3) is 0.294. The number of hydrogen-bond donors (Lipinski definition) is 0. The number of quaternary nitrogens is 1. The van der Waals surface area contributed by atoms with E-state index in [4.69, 9.17) is 4.74 Å². The van der Waals surface area contributed by atoms with Gasteiger partial charge in [-0.05, 0) is 11.1 Å². The molecule has 2 aromatic carbocycles. The summed E-state index contributed by atoms with van der Waals surface area (Å²) in [6, 6.07) is 18.3. The van der Waals surface area contributed by atoms with Crippen LogP contribution in [0.15, 0.2) is 54.6 Å². The quantitative estimate of drug-likeness (QED) is 0.588. The average molecular weight is 269 g/mol. The number of benzene rings is 2. The van der Waals surface area contributed by atoms with Crippen LogP contribution in [0.1, 0.15) is 22.8 Å². The van der Waals surface area contributed by atoms with E-state index < -0.39 is 0 Å². The summed E-state index contributed by atoms with van der Waals surface area (Å²) in [7, 11) is 1.71. The maximum absolute atomic E-state index is 12.4. The SMILES string of the molecule is C[N@@+]1([O-])CCO[C@H](c2ccccc2)c2ccccc2C1. The molecule has 0 radical (unpaired) electrons. The van der Waals surface area contributed by atoms with Crippen LogP contribution in [-0.2, 0) is 11.3 Å². The van der Waals surface area contributed by atoms with Gasteiger partial charge in [-0.3, -0.25) is 0 Å². The topological polar surface area (TPSA) is 32.3 Å². The van der Waals surface area contributed by atoms with Gasteiger partial charge in [-0.1, -0.05) is 54.6 Å². The van der Waals surface area contributed by atoms with E-state index in [1.165, 1.54) is 0 Å². The molecule has 0 aromatic heterocycles. The Morgan fingerprint density at radius 1 is 1.05 bits per heavy atom. The van der Waals surface area contributed by atoms with Gasteiger partial charge in [-0.15, -0.1) is 0 Å². The Labute approximate surface area is 119 Å². The maximum atomic E-state index is 12.4. The van der Waals surface area contributed by atoms with E-state index in [0.717, 1.165) is 16.7 Å². The van der Waals surface area contributed by atoms with Gasteiger partial charge in [-0.2, -0.15) is 0 Å². The van der Waals surface area contributed by atoms with Crippen molar-refractivity contribution in [2.75, 3.05) is 20.2 Å². The second kappa shape index (κ2) is 5.37. The van der Waals surface area contributed by atoms with Crippen molar-refractivity contribution >= 4 is 0 Å². The molecular formula is C17H19NO2. The number of ether oxygens (including phenoxy) is 1. The van der Waals surface area contributed by atoms with E-state index in [2.05, 4.69) is 18.2 Å². The summed E-state index contributed by atoms with van der Waals surface area (Å²) in [6.07, 6.45) is -0.0762. The number of hydroxylamine groups is 3. The number of fused-ring (bicyclic) bond motifs is 1. The predicted octanol–water partition coefficient (Wildman–Crippen LogP) is 3.25. The van der Waals surface area contributed by atoms with Gasteiger partial charge in [0.2, 0.25) is 0 Å². The normalized spacial score (nSPS) is 26.4. The highest BCUT2D eigenvalue weighted by Crippen LogP contribution is 2.31. The Balaban J connectivity index is 2.05. The lowest BCUT2D eigenvalue weighted by atomic mass is 9.95. The van der Waals surface area contributed by atoms with Crippen LogP contribution in [0.3, 0.4) is 0 Å². The first kappa shape index (κ1) is 13.3. The van der Waals surface area contributed by atoms with Crippen LogP contribution >= 0.6 is 0 Å². The first-order valence-corrected chi connectivity index (χ1v) is 6.96. The molecule has 0 fully saturated rings. The van der Waals surface area contributed by atoms with Crippen LogP contribution < -0.4 is 0 Å². The molecule has 0 spiro atoms. The highest BCUT2D eigenvalue weighted by molar-refractivity contribution is 5.36. The van der Waals surface area contributed by atoms with Crippen molar-refractivity contribution in [2.24, 2.45) is 0 Å². The second-order valence-electron chi connectivity index (χ2n) is 5.54. The standard InChI is InChI=1S/C17H19NO2/c1-18(19)11-12-20-17(14-7-3-2-4-8-14)16-10-6-5-9-15(16)13-18/h2-10,17H,11-13H2,1H3/t17-,18-/m1/s1. The van der Waals surface area contributed by atoms with E-state index in [1.54, 1.807) is 7.05 Å². The Hall–Kier alpha value is -1.68. The monoisotopic (exact) mass is 269 g/mol. The van der Waals surface area contributed by atoms with Crippen LogP contribution in [0.4, 0.5) is 0 Å². The van der Waals surface area contributed by atoms with E-state index in [0.29, 0.717) is 19.7 Å². The minimum Gasteiger partial charge on any atom is -0.633 e. The third-order valence-electron chi connectivity index (χ3n) is 3.79. The number of hydrogen-bond acceptors (Lipinski definition) is 2. The van der Waals surface area contributed by atoms with Crippen molar-refractivity contribution in [3.8, 4) is 0 Å². The summed E-state index contributed by atoms with van der Waals surface area (Å²) in [5, 5.41) is 12.4. The zero-order valence-corrected chi connectivity index (χ0v) is 11.7. The Kier molecular flexibility index (Phi) is 3.57. The Morgan fingerprint density at radius 2 is 1.75 bits per heavy atom. The molecule has 1 aliphatic heterocycles. The minimum atomic E-state index is -0.279. The fourth-order valence-electron chi connectivity index (χ4n) is 2.73. The first-order chi connectivity index (χ1) is 9.66. The molecule has 1 heterocycles. The third kappa shape index (κ3) is 2.75. The highest BCUT2D eigenvalue weighted by Gasteiger charge is 2.24. The van der Waals surface area contributed by atoms with Crippen LogP contribution in [-0.4, -0.2) is 24.8 Å². The molecule has 0 N–H and O–H groups in total. The summed E-state index contributed by atoms with van der Waals surface area (Å²) in [6.45, 7) is 1.47. The summed E-state index contributed by atoms with van der Waals surface area (Å²) in [4.78, 5) is 0. The summed E-state index contributed by atoms with van der Waals surface area (Å²) >= 11 is 0. The van der Waals surface area contributed by atoms with Crippen LogP contribution in [0, 0.1) is 5.21 Å². The Morgan fingerprint density at radius 3 is 2.55 bits per heavy atom. The van der Waals surface area contributed by atoms with Gasteiger partial charge in [0.15, 0.2) is 0 Å². The van der Waals surface area contributed by atoms with Crippen molar-refractivity contribution in [1.29, 1.82) is 0 Å². The lowest BCUT2D eigenvalue weighted by molar-refractivity contribution is -0.875. The van der Waals surface area contributed by atoms with E-state index >= 15 is 0 Å². The van der Waals surface area contributed by atoms with E-state index in [1.807, 2.05) is 36.4 Å². The van der Waals surface area contributed by atoms with Crippen molar-refractivity contribution in [3.63, 3.8) is 0 Å². The zero-order chi connectivity index (χ0) is 14.0. The number of likely N-dealkylation sites (N-methyl/N-ethyl adjacent to an activating group) is 1. The lowest BCUT2D eigenvalue weighted by Crippen LogP contribution is -2.41. The molecule has 3 nitrogen and oxygen atoms in total. The average Bonchev–Trinajstić information content (AvgIpc) is 2.43. The second-order valence-corrected chi connectivity index (χ2v) is 5.54. The molecule has 3 heteroatoms. The van der Waals surface area contributed by atoms with Crippen molar-refractivity contribution < 1.29 is 9.38 Å². The van der Waals surface area contributed by atoms with Gasteiger partial charge in [0.25, 0.3) is 0 Å². The first-order valence-electron chi connectivity index (χ1n) is 6.96. The molecule has 0 saturated heterocycles. The smallest absolute Gasteiger partial charge is 0.108 e. The molecule has 104 valence electrons. The summed E-state index contributed by atoms with van der Waals surface area (Å²) in [5.41, 5.74) is 3.33. The maximum Gasteiger partial charge on any atom is 0.108 e. The van der Waals surface area contributed by atoms with E-state index in [9.17, 15) is 5.21 Å². The largest absolute Gasteiger partial charge is 0.633 e. The van der Waals surface area contributed by atoms with Gasteiger partial charge >= 0.3 is 0 Å². The summed E-state index contributed by atoms with van der Waals surface area (Å²) < 4.78 is 5.74. The predicted molar refractivity (Wildman–Crippen MR) is 78.8 cm³/mol. The number of rotatable bonds is 1. The fourth-order valence-corrected chi connectivity index (χ4v) is 2.73. The molecular weight excluding hydrogens is 250 g/mol. The van der Waals surface area contributed by atoms with Crippen molar-refractivity contribution in [2.45, 2.75) is 12.6 Å². The molecule has 1 aliphatic rings. The van der Waals surface area contributed by atoms with Crippen LogP contribution in [0.25, 0.3) is 0 Å². The van der Waals surface area contributed by atoms with Crippen LogP contribution in [0.5, 0.6) is 0 Å². The number of nitrogens with zero attached hydrogens (tertiary/aromatic N) is 1. The van der Waals surface area contributed by atoms with Gasteiger partial charge in [0, 0.05) is 5.56 Å². The molecule has 0 amide bonds. The van der Waals surface area contributed by atoms with Crippen molar-refractivity contribution in [1.82, 2.24) is 0 Å². The third-order valence-corrected chi connectivity index (χ3v) is 3.79. The molecule has 2 atom stereocenters. The molecule has 2 aromatic rings. The molecule has 0 bridgehead atoms. The molecule has 0 unspecified atom stereocenters. The lowest BCUT2D eigenvalue weighted by Gasteiger charge is -2.41. The molecule has 3 rings (SSSR count). The Bertz CT molecular complexity index is 581. The highest BCUT2D eigenvalue weighted by atomic mass is 16.6. The van der Waals surface area contributed by atoms with Gasteiger partial charge < -0.3 is 14.6 Å². The van der Waals surface area contributed by atoms with Gasteiger partial charge in [0.1, 0.15) is 19.2 Å². The van der Waals surface area contributed by atoms with Gasteiger partial charge in [-0.25, -0.2) is 0 Å². The molecule has 0 aliphatic carbocycles. The van der Waals surface area contributed by atoms with Crippen LogP contribution in [0.2, 0.25) is 0 Å². The minimum absolute atomic E-state index is 0.0762.